The lowest BCUT2D eigenvalue weighted by molar-refractivity contribution is -0.114. The molecule has 30 heavy (non-hydrogen) atoms. The minimum absolute atomic E-state index is 0.178. The Morgan fingerprint density at radius 2 is 1.53 bits per heavy atom. The van der Waals surface area contributed by atoms with Gasteiger partial charge in [0, 0.05) is 53.3 Å². The van der Waals surface area contributed by atoms with Crippen LogP contribution in [0.25, 0.3) is 10.8 Å². The molecule has 0 spiro atoms. The Morgan fingerprint density at radius 1 is 0.867 bits per heavy atom. The van der Waals surface area contributed by atoms with E-state index in [4.69, 9.17) is 0 Å². The van der Waals surface area contributed by atoms with Crippen LogP contribution in [0.4, 0.5) is 17.1 Å². The van der Waals surface area contributed by atoms with Crippen molar-refractivity contribution in [2.75, 3.05) is 28.2 Å². The second-order valence-corrected chi connectivity index (χ2v) is 7.73. The molecule has 6 heteroatoms. The first kappa shape index (κ1) is 18.4. The molecule has 150 valence electrons. The van der Waals surface area contributed by atoms with E-state index >= 15 is 0 Å². The summed E-state index contributed by atoms with van der Waals surface area (Å²) >= 11 is 0. The van der Waals surface area contributed by atoms with E-state index in [0.29, 0.717) is 22.5 Å². The van der Waals surface area contributed by atoms with Gasteiger partial charge >= 0.3 is 0 Å². The second-order valence-electron chi connectivity index (χ2n) is 7.73. The van der Waals surface area contributed by atoms with Gasteiger partial charge in [-0.25, -0.2) is 4.90 Å². The van der Waals surface area contributed by atoms with Crippen molar-refractivity contribution in [1.29, 1.82) is 0 Å². The normalized spacial score (nSPS) is 15.8. The van der Waals surface area contributed by atoms with Crippen LogP contribution in [0.5, 0.6) is 0 Å². The van der Waals surface area contributed by atoms with E-state index in [2.05, 4.69) is 10.2 Å². The van der Waals surface area contributed by atoms with Gasteiger partial charge in [0.1, 0.15) is 0 Å². The third-order valence-electron chi connectivity index (χ3n) is 5.78. The van der Waals surface area contributed by atoms with Crippen molar-refractivity contribution in [3.05, 3.63) is 65.7 Å². The summed E-state index contributed by atoms with van der Waals surface area (Å²) in [6.45, 7) is 3.42. The number of carbonyl (C=O) groups excluding carboxylic acids is 3. The highest BCUT2D eigenvalue weighted by molar-refractivity contribution is 6.36. The monoisotopic (exact) mass is 399 g/mol. The molecule has 2 heterocycles. The molecule has 2 aliphatic heterocycles. The Bertz CT molecular complexity index is 1170. The third-order valence-corrected chi connectivity index (χ3v) is 5.78. The molecule has 1 N–H and O–H groups in total. The fraction of sp³-hybridized carbons (Fsp3) is 0.208. The van der Waals surface area contributed by atoms with Gasteiger partial charge in [0.25, 0.3) is 11.8 Å². The Hall–Kier alpha value is -3.67. The number of carbonyl (C=O) groups is 3. The molecule has 0 radical (unpaired) electrons. The van der Waals surface area contributed by atoms with Crippen LogP contribution in [-0.2, 0) is 4.79 Å². The van der Waals surface area contributed by atoms with Gasteiger partial charge in [0.2, 0.25) is 5.91 Å². The fourth-order valence-electron chi connectivity index (χ4n) is 4.45. The number of anilines is 3. The number of imide groups is 1. The largest absolute Gasteiger partial charge is 0.371 e. The summed E-state index contributed by atoms with van der Waals surface area (Å²) < 4.78 is 0. The molecule has 1 saturated heterocycles. The van der Waals surface area contributed by atoms with E-state index in [9.17, 15) is 14.4 Å². The maximum absolute atomic E-state index is 13.3. The number of nitrogens with one attached hydrogen (secondary N) is 1. The van der Waals surface area contributed by atoms with Gasteiger partial charge in [-0.15, -0.1) is 0 Å². The van der Waals surface area contributed by atoms with Crippen LogP contribution in [0.15, 0.2) is 54.6 Å². The van der Waals surface area contributed by atoms with E-state index in [-0.39, 0.29) is 17.7 Å². The second kappa shape index (κ2) is 6.99. The lowest BCUT2D eigenvalue weighted by Crippen LogP contribution is -2.40. The topological polar surface area (TPSA) is 69.7 Å². The van der Waals surface area contributed by atoms with Crippen molar-refractivity contribution < 1.29 is 14.4 Å². The summed E-state index contributed by atoms with van der Waals surface area (Å²) in [4.78, 5) is 41.4. The summed E-state index contributed by atoms with van der Waals surface area (Å²) in [7, 11) is 0. The predicted octanol–water partition coefficient (Wildman–Crippen LogP) is 4.20. The van der Waals surface area contributed by atoms with Gasteiger partial charge in [0.15, 0.2) is 0 Å². The highest BCUT2D eigenvalue weighted by atomic mass is 16.2. The summed E-state index contributed by atoms with van der Waals surface area (Å²) in [5.74, 6) is -0.838. The highest BCUT2D eigenvalue weighted by Crippen LogP contribution is 2.38. The first-order valence-corrected chi connectivity index (χ1v) is 10.1. The Labute approximate surface area is 174 Å². The van der Waals surface area contributed by atoms with Crippen LogP contribution < -0.4 is 15.1 Å². The number of rotatable bonds is 3. The molecule has 5 rings (SSSR count). The van der Waals surface area contributed by atoms with E-state index < -0.39 is 0 Å². The summed E-state index contributed by atoms with van der Waals surface area (Å²) in [5, 5.41) is 4.38. The molecule has 2 aliphatic rings. The molecule has 3 aromatic carbocycles. The van der Waals surface area contributed by atoms with Gasteiger partial charge in [-0.2, -0.15) is 0 Å². The van der Waals surface area contributed by atoms with Crippen LogP contribution in [0.1, 0.15) is 40.5 Å². The van der Waals surface area contributed by atoms with E-state index in [0.717, 1.165) is 42.4 Å². The number of benzene rings is 3. The molecule has 0 atom stereocenters. The number of nitrogens with zero attached hydrogens (tertiary/aromatic N) is 2. The van der Waals surface area contributed by atoms with Gasteiger partial charge in [-0.05, 0) is 55.3 Å². The van der Waals surface area contributed by atoms with Gasteiger partial charge in [-0.3, -0.25) is 14.4 Å². The van der Waals surface area contributed by atoms with Crippen LogP contribution in [0.2, 0.25) is 0 Å². The van der Waals surface area contributed by atoms with Crippen molar-refractivity contribution in [2.45, 2.75) is 19.8 Å². The van der Waals surface area contributed by atoms with Crippen LogP contribution >= 0.6 is 0 Å². The molecule has 3 amide bonds. The van der Waals surface area contributed by atoms with Gasteiger partial charge in [-0.1, -0.05) is 12.1 Å². The molecule has 6 nitrogen and oxygen atoms in total. The predicted molar refractivity (Wildman–Crippen MR) is 117 cm³/mol. The van der Waals surface area contributed by atoms with E-state index in [1.54, 1.807) is 30.3 Å². The fourth-order valence-corrected chi connectivity index (χ4v) is 4.45. The molecule has 0 aromatic heterocycles. The zero-order chi connectivity index (χ0) is 20.8. The lowest BCUT2D eigenvalue weighted by atomic mass is 9.92. The smallest absolute Gasteiger partial charge is 0.265 e. The first-order chi connectivity index (χ1) is 14.5. The Morgan fingerprint density at radius 3 is 2.20 bits per heavy atom. The lowest BCUT2D eigenvalue weighted by Gasteiger charge is -2.29. The standard InChI is InChI=1S/C24H21N3O3/c1-15(28)25-16-7-9-17(10-8-16)27-23(29)19-6-4-5-18-21(26-13-2-3-14-26)12-11-20(22(18)19)24(27)30/h4-12H,2-3,13-14H2,1H3,(H,25,28). The summed E-state index contributed by atoms with van der Waals surface area (Å²) in [6, 6.07) is 16.2. The van der Waals surface area contributed by atoms with Crippen LogP contribution in [0.3, 0.4) is 0 Å². The minimum Gasteiger partial charge on any atom is -0.371 e. The quantitative estimate of drug-likeness (QED) is 0.670. The van der Waals surface area contributed by atoms with Gasteiger partial charge in [0.05, 0.1) is 5.69 Å². The molecule has 0 aliphatic carbocycles. The summed E-state index contributed by atoms with van der Waals surface area (Å²) in [5.41, 5.74) is 3.25. The van der Waals surface area contributed by atoms with Crippen molar-refractivity contribution in [1.82, 2.24) is 0 Å². The zero-order valence-electron chi connectivity index (χ0n) is 16.6. The molecule has 0 saturated carbocycles. The number of hydrogen-bond acceptors (Lipinski definition) is 4. The average Bonchev–Trinajstić information content (AvgIpc) is 3.27. The third kappa shape index (κ3) is 2.84. The molecule has 0 bridgehead atoms. The van der Waals surface area contributed by atoms with Gasteiger partial charge < -0.3 is 10.2 Å². The maximum Gasteiger partial charge on any atom is 0.265 e. The van der Waals surface area contributed by atoms with Crippen molar-refractivity contribution in [2.24, 2.45) is 0 Å². The van der Waals surface area contributed by atoms with Crippen molar-refractivity contribution >= 4 is 45.6 Å². The highest BCUT2D eigenvalue weighted by Gasteiger charge is 2.35. The minimum atomic E-state index is -0.330. The van der Waals surface area contributed by atoms with Crippen LogP contribution in [-0.4, -0.2) is 30.8 Å². The average molecular weight is 399 g/mol. The van der Waals surface area contributed by atoms with Crippen molar-refractivity contribution in [3.8, 4) is 0 Å². The van der Waals surface area contributed by atoms with Crippen molar-refractivity contribution in [3.63, 3.8) is 0 Å². The molecule has 3 aromatic rings. The molecular formula is C24H21N3O3. The Kier molecular flexibility index (Phi) is 4.28. The molecule has 0 unspecified atom stereocenters. The SMILES string of the molecule is CC(=O)Nc1ccc(N2C(=O)c3cccc4c(N5CCCC5)ccc(c34)C2=O)cc1. The molecular weight excluding hydrogens is 378 g/mol. The Balaban J connectivity index is 1.60. The first-order valence-electron chi connectivity index (χ1n) is 10.1. The summed E-state index contributed by atoms with van der Waals surface area (Å²) in [6.07, 6.45) is 2.31. The van der Waals surface area contributed by atoms with E-state index in [1.807, 2.05) is 24.3 Å². The number of hydrogen-bond donors (Lipinski definition) is 1. The number of amides is 3. The van der Waals surface area contributed by atoms with E-state index in [1.165, 1.54) is 11.8 Å². The van der Waals surface area contributed by atoms with Crippen LogP contribution in [0, 0.1) is 0 Å². The maximum atomic E-state index is 13.3. The zero-order valence-corrected chi connectivity index (χ0v) is 16.6. The molecule has 1 fully saturated rings.